The molecule has 0 aliphatic heterocycles. The lowest BCUT2D eigenvalue weighted by atomic mass is 9.84. The Morgan fingerprint density at radius 1 is 1.00 bits per heavy atom. The van der Waals surface area contributed by atoms with Crippen LogP contribution in [0.4, 0.5) is 0 Å². The van der Waals surface area contributed by atoms with E-state index < -0.39 is 0 Å². The predicted octanol–water partition coefficient (Wildman–Crippen LogP) is 3.18. The number of fused-ring (bicyclic) bond motifs is 4. The Bertz CT molecular complexity index is 874. The Morgan fingerprint density at radius 3 is 2.74 bits per heavy atom. The van der Waals surface area contributed by atoms with Crippen LogP contribution in [0.25, 0.3) is 22.4 Å². The summed E-state index contributed by atoms with van der Waals surface area (Å²) in [7, 11) is 0. The normalized spacial score (nSPS) is 18.8. The maximum atomic E-state index is 3.61. The van der Waals surface area contributed by atoms with Gasteiger partial charge in [0.25, 0.3) is 0 Å². The van der Waals surface area contributed by atoms with E-state index in [0.29, 0.717) is 0 Å². The molecule has 19 heavy (non-hydrogen) atoms. The number of hydrogen-bond acceptors (Lipinski definition) is 0. The third-order valence-electron chi connectivity index (χ3n) is 3.96. The molecule has 0 saturated carbocycles. The summed E-state index contributed by atoms with van der Waals surface area (Å²) in [5.41, 5.74) is 2.70. The molecule has 0 atom stereocenters. The summed E-state index contributed by atoms with van der Waals surface area (Å²) in [4.78, 5) is 0. The molecule has 0 fully saturated rings. The number of allylic oxidation sites excluding steroid dienone is 4. The van der Waals surface area contributed by atoms with E-state index in [2.05, 4.69) is 74.5 Å². The van der Waals surface area contributed by atoms with Crippen LogP contribution in [-0.4, -0.2) is 0 Å². The van der Waals surface area contributed by atoms with Crippen molar-refractivity contribution in [1.82, 2.24) is 0 Å². The second-order valence-corrected chi connectivity index (χ2v) is 5.96. The smallest absolute Gasteiger partial charge is 0.00172 e. The number of hydrogen-bond donors (Lipinski definition) is 0. The SMILES string of the molecule is CC1(C)C=CC2=c3ccc4ccccc4c3=[C]C2=C1. The third kappa shape index (κ3) is 1.53. The molecule has 0 aromatic heterocycles. The van der Waals surface area contributed by atoms with Gasteiger partial charge in [0.2, 0.25) is 0 Å². The topological polar surface area (TPSA) is 0 Å². The second-order valence-electron chi connectivity index (χ2n) is 5.96. The van der Waals surface area contributed by atoms with Crippen molar-refractivity contribution in [3.05, 3.63) is 70.6 Å². The van der Waals surface area contributed by atoms with Crippen molar-refractivity contribution in [2.45, 2.75) is 13.8 Å². The Balaban J connectivity index is 2.17. The van der Waals surface area contributed by atoms with Crippen molar-refractivity contribution < 1.29 is 0 Å². The van der Waals surface area contributed by atoms with Crippen LogP contribution >= 0.6 is 0 Å². The Morgan fingerprint density at radius 2 is 1.84 bits per heavy atom. The van der Waals surface area contributed by atoms with Crippen molar-refractivity contribution in [2.24, 2.45) is 5.41 Å². The first-order valence-electron chi connectivity index (χ1n) is 6.73. The van der Waals surface area contributed by atoms with Gasteiger partial charge in [0.15, 0.2) is 0 Å². The third-order valence-corrected chi connectivity index (χ3v) is 3.96. The molecule has 2 aromatic rings. The van der Waals surface area contributed by atoms with Gasteiger partial charge in [-0.15, -0.1) is 0 Å². The molecule has 0 spiro atoms. The second kappa shape index (κ2) is 3.48. The van der Waals surface area contributed by atoms with E-state index in [9.17, 15) is 0 Å². The summed E-state index contributed by atoms with van der Waals surface area (Å²) >= 11 is 0. The summed E-state index contributed by atoms with van der Waals surface area (Å²) in [5, 5.41) is 5.16. The van der Waals surface area contributed by atoms with Gasteiger partial charge in [-0.05, 0) is 38.4 Å². The van der Waals surface area contributed by atoms with Crippen LogP contribution in [0.2, 0.25) is 0 Å². The van der Waals surface area contributed by atoms with Gasteiger partial charge in [-0.2, -0.15) is 0 Å². The van der Waals surface area contributed by atoms with E-state index in [0.717, 1.165) is 0 Å². The molecule has 91 valence electrons. The molecular formula is C19H15. The van der Waals surface area contributed by atoms with Crippen molar-refractivity contribution >= 4 is 22.4 Å². The zero-order chi connectivity index (χ0) is 13.0. The van der Waals surface area contributed by atoms with Crippen LogP contribution in [0.1, 0.15) is 13.8 Å². The first kappa shape index (κ1) is 10.8. The number of benzene rings is 2. The van der Waals surface area contributed by atoms with E-state index in [1.165, 1.54) is 32.4 Å². The number of rotatable bonds is 0. The fraction of sp³-hybridized carbons (Fsp3) is 0.158. The lowest BCUT2D eigenvalue weighted by molar-refractivity contribution is 0.621. The fourth-order valence-corrected chi connectivity index (χ4v) is 2.99. The van der Waals surface area contributed by atoms with Crippen molar-refractivity contribution in [2.75, 3.05) is 0 Å². The van der Waals surface area contributed by atoms with Crippen LogP contribution in [-0.2, 0) is 0 Å². The maximum absolute atomic E-state index is 3.61. The van der Waals surface area contributed by atoms with Crippen molar-refractivity contribution in [3.8, 4) is 0 Å². The highest BCUT2D eigenvalue weighted by molar-refractivity contribution is 5.94. The molecule has 0 unspecified atom stereocenters. The van der Waals surface area contributed by atoms with Crippen LogP contribution in [0.3, 0.4) is 0 Å². The van der Waals surface area contributed by atoms with E-state index in [-0.39, 0.29) is 5.41 Å². The van der Waals surface area contributed by atoms with Crippen molar-refractivity contribution in [1.29, 1.82) is 0 Å². The molecule has 0 heteroatoms. The first-order valence-corrected chi connectivity index (χ1v) is 6.73. The maximum Gasteiger partial charge on any atom is 0.00172 e. The summed E-state index contributed by atoms with van der Waals surface area (Å²) in [6, 6.07) is 13.0. The van der Waals surface area contributed by atoms with Gasteiger partial charge in [-0.25, -0.2) is 0 Å². The minimum absolute atomic E-state index is 0.129. The average Bonchev–Trinajstić information content (AvgIpc) is 2.75. The molecule has 2 aromatic carbocycles. The Hall–Kier alpha value is -2.08. The minimum Gasteiger partial charge on any atom is -0.0744 e. The molecule has 1 radical (unpaired) electrons. The van der Waals surface area contributed by atoms with Crippen molar-refractivity contribution in [3.63, 3.8) is 0 Å². The van der Waals surface area contributed by atoms with Crippen LogP contribution < -0.4 is 10.4 Å². The quantitative estimate of drug-likeness (QED) is 0.666. The van der Waals surface area contributed by atoms with Crippen LogP contribution in [0.5, 0.6) is 0 Å². The standard InChI is InChI=1S/C19H15/c1-19(2)10-9-16-14(12-19)11-18-15-6-4-3-5-13(15)7-8-17(16)18/h3-10,12H,1-2H3. The molecule has 0 saturated heterocycles. The lowest BCUT2D eigenvalue weighted by Gasteiger charge is -2.20. The highest BCUT2D eigenvalue weighted by atomic mass is 14.2. The lowest BCUT2D eigenvalue weighted by Crippen LogP contribution is -2.23. The summed E-state index contributed by atoms with van der Waals surface area (Å²) in [5.74, 6) is 0. The molecule has 2 aliphatic carbocycles. The highest BCUT2D eigenvalue weighted by Gasteiger charge is 2.20. The zero-order valence-corrected chi connectivity index (χ0v) is 11.2. The van der Waals surface area contributed by atoms with Gasteiger partial charge >= 0.3 is 0 Å². The summed E-state index contributed by atoms with van der Waals surface area (Å²) in [6.07, 6.45) is 10.5. The monoisotopic (exact) mass is 243 g/mol. The molecule has 4 rings (SSSR count). The van der Waals surface area contributed by atoms with Gasteiger partial charge in [0.05, 0.1) is 0 Å². The van der Waals surface area contributed by atoms with E-state index >= 15 is 0 Å². The highest BCUT2D eigenvalue weighted by Crippen LogP contribution is 2.32. The molecule has 2 aliphatic rings. The molecule has 0 bridgehead atoms. The van der Waals surface area contributed by atoms with Gasteiger partial charge in [-0.1, -0.05) is 68.5 Å². The molecule has 0 amide bonds. The zero-order valence-electron chi connectivity index (χ0n) is 11.2. The van der Waals surface area contributed by atoms with E-state index in [1.54, 1.807) is 0 Å². The van der Waals surface area contributed by atoms with E-state index in [1.807, 2.05) is 0 Å². The first-order chi connectivity index (χ1) is 9.14. The Kier molecular flexibility index (Phi) is 1.98. The van der Waals surface area contributed by atoms with Gasteiger partial charge < -0.3 is 0 Å². The average molecular weight is 243 g/mol. The van der Waals surface area contributed by atoms with Crippen LogP contribution in [0, 0.1) is 5.41 Å². The summed E-state index contributed by atoms with van der Waals surface area (Å²) < 4.78 is 0. The fourth-order valence-electron chi connectivity index (χ4n) is 2.99. The molecular weight excluding hydrogens is 228 g/mol. The van der Waals surface area contributed by atoms with Gasteiger partial charge in [-0.3, -0.25) is 0 Å². The van der Waals surface area contributed by atoms with Crippen LogP contribution in [0.15, 0.2) is 60.2 Å². The van der Waals surface area contributed by atoms with Gasteiger partial charge in [0.1, 0.15) is 0 Å². The predicted molar refractivity (Wildman–Crippen MR) is 81.0 cm³/mol. The molecule has 0 heterocycles. The Labute approximate surface area is 113 Å². The van der Waals surface area contributed by atoms with E-state index in [4.69, 9.17) is 0 Å². The minimum atomic E-state index is 0.129. The largest absolute Gasteiger partial charge is 0.0744 e. The molecule has 0 N–H and O–H groups in total. The molecule has 0 nitrogen and oxygen atoms in total. The summed E-state index contributed by atoms with van der Waals surface area (Å²) in [6.45, 7) is 4.46. The van der Waals surface area contributed by atoms with Gasteiger partial charge in [0, 0.05) is 5.41 Å².